The summed E-state index contributed by atoms with van der Waals surface area (Å²) in [6.07, 6.45) is 2.10. The van der Waals surface area contributed by atoms with Gasteiger partial charge in [0.2, 0.25) is 0 Å². The van der Waals surface area contributed by atoms with E-state index in [-0.39, 0.29) is 0 Å². The van der Waals surface area contributed by atoms with Crippen molar-refractivity contribution in [2.24, 2.45) is 0 Å². The Morgan fingerprint density at radius 1 is 0.895 bits per heavy atom. The van der Waals surface area contributed by atoms with Gasteiger partial charge in [-0.2, -0.15) is 5.10 Å². The molecule has 19 heavy (non-hydrogen) atoms. The summed E-state index contributed by atoms with van der Waals surface area (Å²) < 4.78 is 1.95. The van der Waals surface area contributed by atoms with Crippen molar-refractivity contribution in [3.05, 3.63) is 72.1 Å². The predicted octanol–water partition coefficient (Wildman–Crippen LogP) is 4.16. The molecule has 0 aliphatic heterocycles. The molecule has 0 aliphatic carbocycles. The molecule has 0 unspecified atom stereocenters. The smallest absolute Gasteiger partial charge is 0.0676 e. The standard InChI is InChI=1S/C17H16N2/c1-13-7-6-10-16(11-13)19-12-17(14(2)18-19)15-8-4-3-5-9-15/h3-12H,1-2H3. The summed E-state index contributed by atoms with van der Waals surface area (Å²) in [5, 5.41) is 4.62. The Morgan fingerprint density at radius 3 is 2.42 bits per heavy atom. The van der Waals surface area contributed by atoms with Crippen LogP contribution < -0.4 is 0 Å². The van der Waals surface area contributed by atoms with Gasteiger partial charge in [0, 0.05) is 11.8 Å². The molecular formula is C17H16N2. The minimum Gasteiger partial charge on any atom is -0.240 e. The molecule has 0 radical (unpaired) electrons. The summed E-state index contributed by atoms with van der Waals surface area (Å²) >= 11 is 0. The van der Waals surface area contributed by atoms with E-state index in [4.69, 9.17) is 0 Å². The highest BCUT2D eigenvalue weighted by Crippen LogP contribution is 2.23. The zero-order valence-corrected chi connectivity index (χ0v) is 11.2. The van der Waals surface area contributed by atoms with E-state index in [0.29, 0.717) is 0 Å². The van der Waals surface area contributed by atoms with Crippen molar-refractivity contribution < 1.29 is 0 Å². The minimum atomic E-state index is 1.05. The Hall–Kier alpha value is -2.35. The van der Waals surface area contributed by atoms with Gasteiger partial charge in [-0.25, -0.2) is 4.68 Å². The summed E-state index contributed by atoms with van der Waals surface area (Å²) in [6, 6.07) is 18.7. The van der Waals surface area contributed by atoms with Crippen LogP contribution in [-0.4, -0.2) is 9.78 Å². The molecule has 3 aromatic rings. The number of rotatable bonds is 2. The molecule has 1 heterocycles. The van der Waals surface area contributed by atoms with E-state index in [1.165, 1.54) is 16.7 Å². The van der Waals surface area contributed by atoms with Gasteiger partial charge in [0.15, 0.2) is 0 Å². The zero-order chi connectivity index (χ0) is 13.2. The van der Waals surface area contributed by atoms with Gasteiger partial charge in [-0.15, -0.1) is 0 Å². The SMILES string of the molecule is Cc1cccc(-n2cc(-c3ccccc3)c(C)n2)c1. The fourth-order valence-corrected chi connectivity index (χ4v) is 2.26. The lowest BCUT2D eigenvalue weighted by atomic mass is 10.1. The molecule has 2 heteroatoms. The lowest BCUT2D eigenvalue weighted by Gasteiger charge is -2.01. The van der Waals surface area contributed by atoms with Gasteiger partial charge in [0.25, 0.3) is 0 Å². The first kappa shape index (κ1) is 11.7. The van der Waals surface area contributed by atoms with Crippen molar-refractivity contribution in [1.29, 1.82) is 0 Å². The van der Waals surface area contributed by atoms with Crippen molar-refractivity contribution in [3.63, 3.8) is 0 Å². The van der Waals surface area contributed by atoms with Gasteiger partial charge in [-0.05, 0) is 37.1 Å². The molecule has 94 valence electrons. The van der Waals surface area contributed by atoms with Crippen LogP contribution in [0.4, 0.5) is 0 Å². The first-order valence-corrected chi connectivity index (χ1v) is 6.43. The van der Waals surface area contributed by atoms with Crippen LogP contribution in [0.2, 0.25) is 0 Å². The van der Waals surface area contributed by atoms with E-state index in [0.717, 1.165) is 11.4 Å². The molecule has 2 nitrogen and oxygen atoms in total. The Labute approximate surface area is 113 Å². The Balaban J connectivity index is 2.07. The molecule has 0 atom stereocenters. The first-order chi connectivity index (χ1) is 9.24. The number of hydrogen-bond donors (Lipinski definition) is 0. The fourth-order valence-electron chi connectivity index (χ4n) is 2.26. The largest absolute Gasteiger partial charge is 0.240 e. The first-order valence-electron chi connectivity index (χ1n) is 6.43. The third-order valence-electron chi connectivity index (χ3n) is 3.25. The van der Waals surface area contributed by atoms with Crippen molar-refractivity contribution in [1.82, 2.24) is 9.78 Å². The van der Waals surface area contributed by atoms with Crippen molar-refractivity contribution in [2.45, 2.75) is 13.8 Å². The second-order valence-corrected chi connectivity index (χ2v) is 4.78. The summed E-state index contributed by atoms with van der Waals surface area (Å²) in [4.78, 5) is 0. The van der Waals surface area contributed by atoms with E-state index in [1.807, 2.05) is 10.7 Å². The van der Waals surface area contributed by atoms with Crippen LogP contribution in [0.5, 0.6) is 0 Å². The summed E-state index contributed by atoms with van der Waals surface area (Å²) in [7, 11) is 0. The van der Waals surface area contributed by atoms with Crippen LogP contribution >= 0.6 is 0 Å². The fraction of sp³-hybridized carbons (Fsp3) is 0.118. The van der Waals surface area contributed by atoms with Crippen LogP contribution in [0.15, 0.2) is 60.8 Å². The maximum absolute atomic E-state index is 4.62. The maximum atomic E-state index is 4.62. The van der Waals surface area contributed by atoms with E-state index in [9.17, 15) is 0 Å². The highest BCUT2D eigenvalue weighted by atomic mass is 15.3. The summed E-state index contributed by atoms with van der Waals surface area (Å²) in [6.45, 7) is 4.15. The molecule has 0 saturated heterocycles. The normalized spacial score (nSPS) is 10.6. The Bertz CT molecular complexity index is 696. The summed E-state index contributed by atoms with van der Waals surface area (Å²) in [5.74, 6) is 0. The van der Waals surface area contributed by atoms with Gasteiger partial charge < -0.3 is 0 Å². The molecule has 2 aromatic carbocycles. The second-order valence-electron chi connectivity index (χ2n) is 4.78. The average Bonchev–Trinajstić information content (AvgIpc) is 2.82. The number of benzene rings is 2. The van der Waals surface area contributed by atoms with E-state index < -0.39 is 0 Å². The van der Waals surface area contributed by atoms with Gasteiger partial charge in [0.05, 0.1) is 11.4 Å². The molecule has 3 rings (SSSR count). The molecule has 0 fully saturated rings. The van der Waals surface area contributed by atoms with E-state index in [1.54, 1.807) is 0 Å². The number of aromatic nitrogens is 2. The van der Waals surface area contributed by atoms with E-state index >= 15 is 0 Å². The lowest BCUT2D eigenvalue weighted by molar-refractivity contribution is 0.861. The molecule has 0 aliphatic rings. The Morgan fingerprint density at radius 2 is 1.68 bits per heavy atom. The lowest BCUT2D eigenvalue weighted by Crippen LogP contribution is -1.94. The maximum Gasteiger partial charge on any atom is 0.0676 e. The summed E-state index contributed by atoms with van der Waals surface area (Å²) in [5.41, 5.74) is 5.78. The van der Waals surface area contributed by atoms with Crippen LogP contribution in [0, 0.1) is 13.8 Å². The monoisotopic (exact) mass is 248 g/mol. The van der Waals surface area contributed by atoms with Gasteiger partial charge in [-0.3, -0.25) is 0 Å². The van der Waals surface area contributed by atoms with Gasteiger partial charge >= 0.3 is 0 Å². The topological polar surface area (TPSA) is 17.8 Å². The van der Waals surface area contributed by atoms with Crippen LogP contribution in [0.3, 0.4) is 0 Å². The second kappa shape index (κ2) is 4.73. The molecule has 1 aromatic heterocycles. The van der Waals surface area contributed by atoms with E-state index in [2.05, 4.69) is 73.7 Å². The van der Waals surface area contributed by atoms with Crippen molar-refractivity contribution in [2.75, 3.05) is 0 Å². The van der Waals surface area contributed by atoms with Crippen LogP contribution in [-0.2, 0) is 0 Å². The van der Waals surface area contributed by atoms with Gasteiger partial charge in [-0.1, -0.05) is 42.5 Å². The average molecular weight is 248 g/mol. The number of hydrogen-bond acceptors (Lipinski definition) is 1. The van der Waals surface area contributed by atoms with Crippen molar-refractivity contribution >= 4 is 0 Å². The van der Waals surface area contributed by atoms with Crippen molar-refractivity contribution in [3.8, 4) is 16.8 Å². The molecule has 0 saturated carbocycles. The van der Waals surface area contributed by atoms with Crippen LogP contribution in [0.1, 0.15) is 11.3 Å². The highest BCUT2D eigenvalue weighted by molar-refractivity contribution is 5.65. The van der Waals surface area contributed by atoms with Crippen LogP contribution in [0.25, 0.3) is 16.8 Å². The number of aryl methyl sites for hydroxylation is 2. The Kier molecular flexibility index (Phi) is 2.92. The van der Waals surface area contributed by atoms with Gasteiger partial charge in [0.1, 0.15) is 0 Å². The zero-order valence-electron chi connectivity index (χ0n) is 11.2. The molecule has 0 bridgehead atoms. The molecule has 0 amide bonds. The molecular weight excluding hydrogens is 232 g/mol. The number of nitrogens with zero attached hydrogens (tertiary/aromatic N) is 2. The third-order valence-corrected chi connectivity index (χ3v) is 3.25. The highest BCUT2D eigenvalue weighted by Gasteiger charge is 2.07. The molecule has 0 N–H and O–H groups in total. The predicted molar refractivity (Wildman–Crippen MR) is 78.5 cm³/mol. The minimum absolute atomic E-state index is 1.05. The quantitative estimate of drug-likeness (QED) is 0.666. The molecule has 0 spiro atoms. The third kappa shape index (κ3) is 2.29.